The van der Waals surface area contributed by atoms with Gasteiger partial charge in [-0.05, 0) is 13.0 Å². The molecule has 0 aliphatic heterocycles. The maximum Gasteiger partial charge on any atom is 0.230 e. The molecule has 2 N–H and O–H groups in total. The normalized spacial score (nSPS) is 12.4. The van der Waals surface area contributed by atoms with Crippen LogP contribution in [0.25, 0.3) is 0 Å². The zero-order valence-electron chi connectivity index (χ0n) is 6.60. The molecule has 0 saturated carbocycles. The van der Waals surface area contributed by atoms with Crippen LogP contribution in [0.1, 0.15) is 6.92 Å². The number of hydrogen-bond donors (Lipinski definition) is 1. The number of carbonyl (C=O) groups is 1. The van der Waals surface area contributed by atoms with E-state index >= 15 is 0 Å². The second-order valence-electron chi connectivity index (χ2n) is 2.19. The Bertz CT molecular complexity index is 265. The van der Waals surface area contributed by atoms with Gasteiger partial charge in [0.2, 0.25) is 5.91 Å². The molecule has 0 aliphatic rings. The molecule has 1 amide bonds. The molecule has 64 valence electrons. The molecule has 12 heavy (non-hydrogen) atoms. The second kappa shape index (κ2) is 4.06. The average Bonchev–Trinajstić information content (AvgIpc) is 2.06. The lowest BCUT2D eigenvalue weighted by Gasteiger charge is -2.03. The minimum absolute atomic E-state index is 0.285. The summed E-state index contributed by atoms with van der Waals surface area (Å²) in [5, 5.41) is 0.288. The van der Waals surface area contributed by atoms with Crippen LogP contribution in [-0.2, 0) is 4.79 Å². The van der Waals surface area contributed by atoms with E-state index in [9.17, 15) is 4.79 Å². The predicted octanol–water partition coefficient (Wildman–Crippen LogP) is 0.443. The number of hydrogen-bond acceptors (Lipinski definition) is 4. The molecule has 1 aromatic heterocycles. The number of primary amides is 1. The van der Waals surface area contributed by atoms with Crippen LogP contribution in [-0.4, -0.2) is 21.1 Å². The molecule has 4 nitrogen and oxygen atoms in total. The van der Waals surface area contributed by atoms with Crippen LogP contribution < -0.4 is 5.73 Å². The number of carbonyl (C=O) groups excluding carboxylic acids is 1. The minimum Gasteiger partial charge on any atom is -0.369 e. The summed E-state index contributed by atoms with van der Waals surface area (Å²) in [6.07, 6.45) is 3.26. The Morgan fingerprint density at radius 2 is 2.17 bits per heavy atom. The van der Waals surface area contributed by atoms with Crippen molar-refractivity contribution in [3.8, 4) is 0 Å². The third-order valence-electron chi connectivity index (χ3n) is 1.22. The molecule has 0 spiro atoms. The molecule has 0 saturated heterocycles. The van der Waals surface area contributed by atoms with E-state index in [1.54, 1.807) is 25.4 Å². The lowest BCUT2D eigenvalue weighted by molar-refractivity contribution is -0.117. The van der Waals surface area contributed by atoms with Crippen molar-refractivity contribution in [1.82, 2.24) is 9.97 Å². The van der Waals surface area contributed by atoms with Crippen molar-refractivity contribution >= 4 is 17.7 Å². The Labute approximate surface area is 74.6 Å². The number of rotatable bonds is 3. The summed E-state index contributed by atoms with van der Waals surface area (Å²) in [6.45, 7) is 1.73. The van der Waals surface area contributed by atoms with Crippen molar-refractivity contribution in [3.05, 3.63) is 18.5 Å². The van der Waals surface area contributed by atoms with Crippen LogP contribution in [0.5, 0.6) is 0 Å². The van der Waals surface area contributed by atoms with Gasteiger partial charge in [0.25, 0.3) is 0 Å². The van der Waals surface area contributed by atoms with E-state index in [0.29, 0.717) is 5.16 Å². The number of thioether (sulfide) groups is 1. The van der Waals surface area contributed by atoms with Gasteiger partial charge in [0.1, 0.15) is 0 Å². The van der Waals surface area contributed by atoms with Crippen LogP contribution in [0.15, 0.2) is 23.6 Å². The summed E-state index contributed by atoms with van der Waals surface area (Å²) in [7, 11) is 0. The topological polar surface area (TPSA) is 68.9 Å². The summed E-state index contributed by atoms with van der Waals surface area (Å²) in [6, 6.07) is 1.72. The highest BCUT2D eigenvalue weighted by molar-refractivity contribution is 8.00. The molecule has 0 aromatic carbocycles. The van der Waals surface area contributed by atoms with Gasteiger partial charge in [-0.15, -0.1) is 0 Å². The van der Waals surface area contributed by atoms with Gasteiger partial charge in [-0.3, -0.25) is 4.79 Å². The van der Waals surface area contributed by atoms with Crippen molar-refractivity contribution in [3.63, 3.8) is 0 Å². The molecule has 0 radical (unpaired) electrons. The molecule has 1 aromatic rings. The first-order valence-electron chi connectivity index (χ1n) is 3.43. The number of amides is 1. The first-order chi connectivity index (χ1) is 5.70. The Balaban J connectivity index is 2.58. The van der Waals surface area contributed by atoms with E-state index in [4.69, 9.17) is 5.73 Å². The number of nitrogens with zero attached hydrogens (tertiary/aromatic N) is 2. The molecule has 5 heteroatoms. The Morgan fingerprint density at radius 3 is 2.67 bits per heavy atom. The van der Waals surface area contributed by atoms with E-state index in [1.807, 2.05) is 0 Å². The largest absolute Gasteiger partial charge is 0.369 e. The fourth-order valence-corrected chi connectivity index (χ4v) is 1.24. The van der Waals surface area contributed by atoms with Crippen LogP contribution >= 0.6 is 11.8 Å². The standard InChI is InChI=1S/C7H9N3OS/c1-5(6(8)11)12-7-9-3-2-4-10-7/h2-5H,1H3,(H2,8,11). The molecular formula is C7H9N3OS. The average molecular weight is 183 g/mol. The summed E-state index contributed by atoms with van der Waals surface area (Å²) in [5.74, 6) is -0.354. The number of aromatic nitrogens is 2. The van der Waals surface area contributed by atoms with Crippen LogP contribution in [0.2, 0.25) is 0 Å². The summed E-state index contributed by atoms with van der Waals surface area (Å²) < 4.78 is 0. The third-order valence-corrected chi connectivity index (χ3v) is 2.23. The van der Waals surface area contributed by atoms with Crippen LogP contribution in [0.3, 0.4) is 0 Å². The van der Waals surface area contributed by atoms with Gasteiger partial charge in [-0.2, -0.15) is 0 Å². The minimum atomic E-state index is -0.354. The first kappa shape index (κ1) is 8.99. The summed E-state index contributed by atoms with van der Waals surface area (Å²) in [5.41, 5.74) is 5.07. The van der Waals surface area contributed by atoms with E-state index in [1.165, 1.54) is 11.8 Å². The fourth-order valence-electron chi connectivity index (χ4n) is 0.562. The van der Waals surface area contributed by atoms with Crippen molar-refractivity contribution in [2.75, 3.05) is 0 Å². The lowest BCUT2D eigenvalue weighted by atomic mass is 10.5. The van der Waals surface area contributed by atoms with Crippen LogP contribution in [0.4, 0.5) is 0 Å². The molecule has 1 rings (SSSR count). The van der Waals surface area contributed by atoms with E-state index in [-0.39, 0.29) is 11.2 Å². The molecule has 0 bridgehead atoms. The quantitative estimate of drug-likeness (QED) is 0.545. The monoisotopic (exact) mass is 183 g/mol. The first-order valence-corrected chi connectivity index (χ1v) is 4.31. The molecule has 1 heterocycles. The van der Waals surface area contributed by atoms with Gasteiger partial charge in [-0.25, -0.2) is 9.97 Å². The van der Waals surface area contributed by atoms with Gasteiger partial charge >= 0.3 is 0 Å². The number of nitrogens with two attached hydrogens (primary N) is 1. The van der Waals surface area contributed by atoms with Crippen molar-refractivity contribution in [2.24, 2.45) is 5.73 Å². The van der Waals surface area contributed by atoms with Gasteiger partial charge in [0, 0.05) is 12.4 Å². The molecule has 0 aliphatic carbocycles. The lowest BCUT2D eigenvalue weighted by Crippen LogP contribution is -2.22. The maximum atomic E-state index is 10.6. The van der Waals surface area contributed by atoms with Crippen molar-refractivity contribution in [2.45, 2.75) is 17.3 Å². The van der Waals surface area contributed by atoms with Gasteiger partial charge in [-0.1, -0.05) is 11.8 Å². The molecule has 1 atom stereocenters. The highest BCUT2D eigenvalue weighted by Gasteiger charge is 2.10. The Kier molecular flexibility index (Phi) is 3.04. The Morgan fingerprint density at radius 1 is 1.58 bits per heavy atom. The fraction of sp³-hybridized carbons (Fsp3) is 0.286. The van der Waals surface area contributed by atoms with Gasteiger partial charge in [0.15, 0.2) is 5.16 Å². The van der Waals surface area contributed by atoms with Crippen molar-refractivity contribution in [1.29, 1.82) is 0 Å². The smallest absolute Gasteiger partial charge is 0.230 e. The third kappa shape index (κ3) is 2.50. The van der Waals surface area contributed by atoms with Crippen molar-refractivity contribution < 1.29 is 4.79 Å². The zero-order chi connectivity index (χ0) is 8.97. The summed E-state index contributed by atoms with van der Waals surface area (Å²) in [4.78, 5) is 18.5. The molecule has 1 unspecified atom stereocenters. The maximum absolute atomic E-state index is 10.6. The predicted molar refractivity (Wildman–Crippen MR) is 46.5 cm³/mol. The molecular weight excluding hydrogens is 174 g/mol. The van der Waals surface area contributed by atoms with E-state index in [2.05, 4.69) is 9.97 Å². The summed E-state index contributed by atoms with van der Waals surface area (Å²) >= 11 is 1.25. The van der Waals surface area contributed by atoms with Gasteiger partial charge < -0.3 is 5.73 Å². The zero-order valence-corrected chi connectivity index (χ0v) is 7.41. The van der Waals surface area contributed by atoms with Gasteiger partial charge in [0.05, 0.1) is 5.25 Å². The SMILES string of the molecule is CC(Sc1ncccn1)C(N)=O. The Hall–Kier alpha value is -1.10. The second-order valence-corrected chi connectivity index (χ2v) is 3.50. The van der Waals surface area contributed by atoms with E-state index in [0.717, 1.165) is 0 Å². The highest BCUT2D eigenvalue weighted by atomic mass is 32.2. The van der Waals surface area contributed by atoms with E-state index < -0.39 is 0 Å². The highest BCUT2D eigenvalue weighted by Crippen LogP contribution is 2.17. The molecule has 0 fully saturated rings. The van der Waals surface area contributed by atoms with Crippen LogP contribution in [0, 0.1) is 0 Å².